The van der Waals surface area contributed by atoms with E-state index in [-0.39, 0.29) is 5.91 Å². The second kappa shape index (κ2) is 14.6. The molecule has 8 heteroatoms. The van der Waals surface area contributed by atoms with Crippen molar-refractivity contribution in [3.63, 3.8) is 0 Å². The van der Waals surface area contributed by atoms with Crippen LogP contribution in [-0.2, 0) is 13.2 Å². The van der Waals surface area contributed by atoms with Crippen molar-refractivity contribution >= 4 is 45.5 Å². The summed E-state index contributed by atoms with van der Waals surface area (Å²) in [5, 5.41) is 6.49. The summed E-state index contributed by atoms with van der Waals surface area (Å²) in [7, 11) is 1.60. The van der Waals surface area contributed by atoms with Gasteiger partial charge in [-0.25, -0.2) is 5.43 Å². The molecule has 5 aromatic rings. The van der Waals surface area contributed by atoms with Crippen molar-refractivity contribution in [1.29, 1.82) is 0 Å². The molecule has 0 atom stereocenters. The molecule has 0 aliphatic rings. The number of hydrogen-bond donors (Lipinski definition) is 1. The lowest BCUT2D eigenvalue weighted by atomic mass is 10.1. The minimum Gasteiger partial charge on any atom is -0.493 e. The van der Waals surface area contributed by atoms with Crippen LogP contribution in [0, 0.1) is 3.57 Å². The molecule has 0 aliphatic carbocycles. The molecule has 0 bridgehead atoms. The van der Waals surface area contributed by atoms with Crippen molar-refractivity contribution in [3.8, 4) is 23.0 Å². The third-order valence-corrected chi connectivity index (χ3v) is 7.43. The van der Waals surface area contributed by atoms with E-state index in [0.29, 0.717) is 48.4 Å². The van der Waals surface area contributed by atoms with E-state index >= 15 is 0 Å². The Morgan fingerprint density at radius 2 is 1.60 bits per heavy atom. The van der Waals surface area contributed by atoms with Crippen molar-refractivity contribution in [2.75, 3.05) is 13.7 Å². The SMILES string of the molecule is CCOc1cc(C(=O)N/N=C/c2cc(I)c(OCc3cccc4ccccc34)c(OC)c2)ccc1OCc1ccccc1. The number of hydrogen-bond acceptors (Lipinski definition) is 6. The molecule has 0 aromatic heterocycles. The van der Waals surface area contributed by atoms with E-state index < -0.39 is 0 Å². The quantitative estimate of drug-likeness (QED) is 0.0825. The predicted octanol–water partition coefficient (Wildman–Crippen LogP) is 7.77. The Hall–Kier alpha value is -4.57. The van der Waals surface area contributed by atoms with Crippen LogP contribution in [-0.4, -0.2) is 25.8 Å². The summed E-state index contributed by atoms with van der Waals surface area (Å²) in [6, 6.07) is 33.1. The normalized spacial score (nSPS) is 11.0. The van der Waals surface area contributed by atoms with Gasteiger partial charge < -0.3 is 18.9 Å². The van der Waals surface area contributed by atoms with E-state index in [1.54, 1.807) is 31.5 Å². The minimum atomic E-state index is -0.372. The summed E-state index contributed by atoms with van der Waals surface area (Å²) < 4.78 is 24.4. The van der Waals surface area contributed by atoms with Crippen molar-refractivity contribution in [3.05, 3.63) is 129 Å². The monoisotopic (exact) mass is 686 g/mol. The first kappa shape index (κ1) is 29.9. The number of amides is 1. The molecule has 1 N–H and O–H groups in total. The molecular weight excluding hydrogens is 655 g/mol. The van der Waals surface area contributed by atoms with Gasteiger partial charge in [0.25, 0.3) is 5.91 Å². The fraction of sp³-hybridized carbons (Fsp3) is 0.143. The lowest BCUT2D eigenvalue weighted by Crippen LogP contribution is -2.17. The maximum atomic E-state index is 12.9. The van der Waals surface area contributed by atoms with E-state index in [4.69, 9.17) is 18.9 Å². The molecule has 0 saturated heterocycles. The summed E-state index contributed by atoms with van der Waals surface area (Å²) in [5.41, 5.74) is 5.87. The molecule has 7 nitrogen and oxygen atoms in total. The zero-order chi connectivity index (χ0) is 30.0. The molecule has 0 aliphatic heterocycles. The Morgan fingerprint density at radius 1 is 0.814 bits per heavy atom. The van der Waals surface area contributed by atoms with E-state index in [0.717, 1.165) is 25.6 Å². The number of nitrogens with one attached hydrogen (secondary N) is 1. The maximum absolute atomic E-state index is 12.9. The van der Waals surface area contributed by atoms with Gasteiger partial charge in [0.05, 0.1) is 23.5 Å². The molecule has 0 spiro atoms. The molecule has 218 valence electrons. The second-order valence-corrected chi connectivity index (χ2v) is 10.7. The van der Waals surface area contributed by atoms with Crippen LogP contribution in [0.25, 0.3) is 10.8 Å². The lowest BCUT2D eigenvalue weighted by Gasteiger charge is -2.14. The van der Waals surface area contributed by atoms with E-state index in [9.17, 15) is 4.79 Å². The second-order valence-electron chi connectivity index (χ2n) is 9.53. The lowest BCUT2D eigenvalue weighted by molar-refractivity contribution is 0.0954. The van der Waals surface area contributed by atoms with Gasteiger partial charge in [0.15, 0.2) is 23.0 Å². The molecule has 0 unspecified atom stereocenters. The van der Waals surface area contributed by atoms with E-state index in [2.05, 4.69) is 57.4 Å². The average molecular weight is 687 g/mol. The molecular formula is C35H31IN2O5. The van der Waals surface area contributed by atoms with Gasteiger partial charge in [-0.3, -0.25) is 4.79 Å². The first-order valence-electron chi connectivity index (χ1n) is 13.8. The third kappa shape index (κ3) is 7.64. The van der Waals surface area contributed by atoms with Crippen LogP contribution in [0.1, 0.15) is 34.0 Å². The van der Waals surface area contributed by atoms with Gasteiger partial charge in [0.2, 0.25) is 0 Å². The summed E-state index contributed by atoms with van der Waals surface area (Å²) in [4.78, 5) is 12.9. The molecule has 43 heavy (non-hydrogen) atoms. The van der Waals surface area contributed by atoms with Crippen molar-refractivity contribution in [1.82, 2.24) is 5.43 Å². The summed E-state index contributed by atoms with van der Waals surface area (Å²) in [5.74, 6) is 1.91. The number of nitrogens with zero attached hydrogens (tertiary/aromatic N) is 1. The number of carbonyl (C=O) groups excluding carboxylic acids is 1. The number of methoxy groups -OCH3 is 1. The fourth-order valence-corrected chi connectivity index (χ4v) is 5.31. The van der Waals surface area contributed by atoms with Crippen LogP contribution in [0.15, 0.2) is 108 Å². The van der Waals surface area contributed by atoms with Crippen LogP contribution in [0.5, 0.6) is 23.0 Å². The van der Waals surface area contributed by atoms with Crippen LogP contribution in [0.4, 0.5) is 0 Å². The summed E-state index contributed by atoms with van der Waals surface area (Å²) >= 11 is 2.22. The Balaban J connectivity index is 1.24. The third-order valence-electron chi connectivity index (χ3n) is 6.63. The van der Waals surface area contributed by atoms with Crippen molar-refractivity contribution < 1.29 is 23.7 Å². The Kier molecular flexibility index (Phi) is 10.1. The molecule has 5 rings (SSSR count). The topological polar surface area (TPSA) is 78.4 Å². The van der Waals surface area contributed by atoms with Crippen LogP contribution in [0.3, 0.4) is 0 Å². The first-order chi connectivity index (χ1) is 21.1. The molecule has 1 amide bonds. The molecule has 0 fully saturated rings. The van der Waals surface area contributed by atoms with Crippen LogP contribution in [0.2, 0.25) is 0 Å². The molecule has 0 saturated carbocycles. The van der Waals surface area contributed by atoms with E-state index in [1.165, 1.54) is 5.39 Å². The van der Waals surface area contributed by atoms with Crippen LogP contribution >= 0.6 is 22.6 Å². The number of rotatable bonds is 12. The highest BCUT2D eigenvalue weighted by atomic mass is 127. The summed E-state index contributed by atoms with van der Waals surface area (Å²) in [6.07, 6.45) is 1.57. The number of fused-ring (bicyclic) bond motifs is 1. The van der Waals surface area contributed by atoms with Gasteiger partial charge in [0, 0.05) is 5.56 Å². The minimum absolute atomic E-state index is 0.372. The van der Waals surface area contributed by atoms with E-state index in [1.807, 2.05) is 67.6 Å². The number of carbonyl (C=O) groups is 1. The van der Waals surface area contributed by atoms with Gasteiger partial charge in [0.1, 0.15) is 13.2 Å². The molecule has 0 heterocycles. The molecule has 0 radical (unpaired) electrons. The largest absolute Gasteiger partial charge is 0.493 e. The highest BCUT2D eigenvalue weighted by Crippen LogP contribution is 2.35. The van der Waals surface area contributed by atoms with Gasteiger partial charge in [-0.05, 0) is 87.3 Å². The number of benzene rings is 5. The molecule has 5 aromatic carbocycles. The highest BCUT2D eigenvalue weighted by molar-refractivity contribution is 14.1. The average Bonchev–Trinajstić information content (AvgIpc) is 3.04. The number of halogens is 1. The van der Waals surface area contributed by atoms with Gasteiger partial charge in [-0.15, -0.1) is 0 Å². The Bertz CT molecular complexity index is 1730. The van der Waals surface area contributed by atoms with Crippen molar-refractivity contribution in [2.24, 2.45) is 5.10 Å². The Labute approximate surface area is 264 Å². The fourth-order valence-electron chi connectivity index (χ4n) is 4.52. The standard InChI is InChI=1S/C35H31IN2O5/c1-3-41-32-20-27(16-17-31(32)42-22-24-10-5-4-6-11-24)35(39)38-37-21-25-18-30(36)34(33(19-25)40-2)43-23-28-14-9-13-26-12-7-8-15-29(26)28/h4-21H,3,22-23H2,1-2H3,(H,38,39)/b37-21+. The van der Waals surface area contributed by atoms with Gasteiger partial charge in [-0.2, -0.15) is 5.10 Å². The maximum Gasteiger partial charge on any atom is 0.271 e. The van der Waals surface area contributed by atoms with Gasteiger partial charge in [-0.1, -0.05) is 72.8 Å². The first-order valence-corrected chi connectivity index (χ1v) is 14.9. The number of hydrazone groups is 1. The van der Waals surface area contributed by atoms with Crippen molar-refractivity contribution in [2.45, 2.75) is 20.1 Å². The zero-order valence-corrected chi connectivity index (χ0v) is 26.0. The smallest absolute Gasteiger partial charge is 0.271 e. The predicted molar refractivity (Wildman–Crippen MR) is 177 cm³/mol. The van der Waals surface area contributed by atoms with Crippen LogP contribution < -0.4 is 24.4 Å². The highest BCUT2D eigenvalue weighted by Gasteiger charge is 2.14. The van der Waals surface area contributed by atoms with Gasteiger partial charge >= 0.3 is 0 Å². The number of ether oxygens (including phenoxy) is 4. The summed E-state index contributed by atoms with van der Waals surface area (Å²) in [6.45, 7) is 3.11. The zero-order valence-electron chi connectivity index (χ0n) is 23.9. The Morgan fingerprint density at radius 3 is 2.42 bits per heavy atom.